The summed E-state index contributed by atoms with van der Waals surface area (Å²) in [5, 5.41) is 25.8. The number of aromatic nitrogens is 2. The van der Waals surface area contributed by atoms with Crippen LogP contribution in [0.5, 0.6) is 0 Å². The van der Waals surface area contributed by atoms with Crippen LogP contribution in [0.3, 0.4) is 0 Å². The van der Waals surface area contributed by atoms with Gasteiger partial charge in [-0.25, -0.2) is 9.97 Å². The third-order valence-corrected chi connectivity index (χ3v) is 2.80. The predicted octanol–water partition coefficient (Wildman–Crippen LogP) is 1.14. The molecule has 0 aromatic carbocycles. The van der Waals surface area contributed by atoms with Crippen LogP contribution >= 0.6 is 0 Å². The van der Waals surface area contributed by atoms with Crippen LogP contribution in [0.4, 0.5) is 17.3 Å². The number of unbranched alkanes of at least 4 members (excludes halogenated alkanes) is 1. The topological polar surface area (TPSA) is 113 Å². The Bertz CT molecular complexity index is 450. The lowest BCUT2D eigenvalue weighted by atomic mass is 10.3. The third kappa shape index (κ3) is 3.75. The Hall–Kier alpha value is -1.96. The Kier molecular flexibility index (Phi) is 4.45. The molecule has 104 valence electrons. The fourth-order valence-corrected chi connectivity index (χ4v) is 1.65. The number of hydrogen-bond donors (Lipinski definition) is 3. The van der Waals surface area contributed by atoms with Crippen LogP contribution < -0.4 is 10.6 Å². The molecule has 1 aliphatic rings. The Labute approximate surface area is 110 Å². The highest BCUT2D eigenvalue weighted by Gasteiger charge is 2.28. The molecule has 0 amide bonds. The molecule has 0 atom stereocenters. The van der Waals surface area contributed by atoms with Gasteiger partial charge in [-0.1, -0.05) is 0 Å². The van der Waals surface area contributed by atoms with Crippen molar-refractivity contribution in [3.63, 3.8) is 0 Å². The van der Waals surface area contributed by atoms with Gasteiger partial charge in [0.05, 0.1) is 4.92 Å². The maximum Gasteiger partial charge on any atom is 0.353 e. The molecule has 8 heteroatoms. The van der Waals surface area contributed by atoms with Crippen molar-refractivity contribution in [2.24, 2.45) is 0 Å². The average Bonchev–Trinajstić information content (AvgIpc) is 3.18. The Morgan fingerprint density at radius 2 is 2.11 bits per heavy atom. The molecule has 1 aliphatic carbocycles. The minimum Gasteiger partial charge on any atom is -0.396 e. The van der Waals surface area contributed by atoms with Gasteiger partial charge in [-0.05, 0) is 25.7 Å². The molecule has 1 aromatic rings. The minimum absolute atomic E-state index is 0.113. The first kappa shape index (κ1) is 13.5. The summed E-state index contributed by atoms with van der Waals surface area (Å²) in [6, 6.07) is 0.288. The van der Waals surface area contributed by atoms with Crippen LogP contribution in [0.25, 0.3) is 0 Å². The lowest BCUT2D eigenvalue weighted by Crippen LogP contribution is -2.11. The van der Waals surface area contributed by atoms with Crippen LogP contribution in [0, 0.1) is 10.1 Å². The van der Waals surface area contributed by atoms with E-state index in [1.54, 1.807) is 0 Å². The summed E-state index contributed by atoms with van der Waals surface area (Å²) in [5.74, 6) is 0.494. The number of anilines is 2. The van der Waals surface area contributed by atoms with E-state index in [0.29, 0.717) is 13.0 Å². The summed E-state index contributed by atoms with van der Waals surface area (Å²) in [6.45, 7) is 0.642. The van der Waals surface area contributed by atoms with Gasteiger partial charge in [-0.3, -0.25) is 10.1 Å². The third-order valence-electron chi connectivity index (χ3n) is 2.80. The van der Waals surface area contributed by atoms with Crippen molar-refractivity contribution in [2.45, 2.75) is 31.7 Å². The zero-order chi connectivity index (χ0) is 13.7. The van der Waals surface area contributed by atoms with Gasteiger partial charge in [-0.2, -0.15) is 0 Å². The molecule has 1 fully saturated rings. The normalized spacial score (nSPS) is 14.2. The van der Waals surface area contributed by atoms with Crippen molar-refractivity contribution < 1.29 is 10.0 Å². The molecule has 1 aromatic heterocycles. The zero-order valence-electron chi connectivity index (χ0n) is 10.5. The van der Waals surface area contributed by atoms with Gasteiger partial charge < -0.3 is 15.7 Å². The summed E-state index contributed by atoms with van der Waals surface area (Å²) in [6.07, 6.45) is 4.72. The van der Waals surface area contributed by atoms with Crippen LogP contribution in [0.1, 0.15) is 25.7 Å². The molecule has 0 aliphatic heterocycles. The molecule has 8 nitrogen and oxygen atoms in total. The van der Waals surface area contributed by atoms with Gasteiger partial charge in [0.1, 0.15) is 6.33 Å². The van der Waals surface area contributed by atoms with Crippen molar-refractivity contribution in [3.05, 3.63) is 16.4 Å². The molecule has 2 rings (SSSR count). The Balaban J connectivity index is 2.09. The first-order valence-corrected chi connectivity index (χ1v) is 6.33. The van der Waals surface area contributed by atoms with Crippen LogP contribution in [-0.2, 0) is 0 Å². The van der Waals surface area contributed by atoms with E-state index in [2.05, 4.69) is 20.6 Å². The number of aliphatic hydroxyl groups excluding tert-OH is 1. The summed E-state index contributed by atoms with van der Waals surface area (Å²) in [5.41, 5.74) is -0.113. The summed E-state index contributed by atoms with van der Waals surface area (Å²) in [7, 11) is 0. The molecule has 0 bridgehead atoms. The lowest BCUT2D eigenvalue weighted by Gasteiger charge is -2.09. The van der Waals surface area contributed by atoms with Crippen LogP contribution in [0.2, 0.25) is 0 Å². The van der Waals surface area contributed by atoms with E-state index in [1.807, 2.05) is 0 Å². The number of aliphatic hydroxyl groups is 1. The molecule has 0 radical (unpaired) electrons. The van der Waals surface area contributed by atoms with Gasteiger partial charge in [0, 0.05) is 19.2 Å². The molecule has 1 heterocycles. The van der Waals surface area contributed by atoms with Gasteiger partial charge in [0.25, 0.3) is 0 Å². The first-order chi connectivity index (χ1) is 9.22. The van der Waals surface area contributed by atoms with E-state index in [9.17, 15) is 10.1 Å². The van der Waals surface area contributed by atoms with E-state index in [0.717, 1.165) is 19.3 Å². The van der Waals surface area contributed by atoms with E-state index in [-0.39, 0.29) is 30.0 Å². The number of hydrogen-bond acceptors (Lipinski definition) is 7. The lowest BCUT2D eigenvalue weighted by molar-refractivity contribution is -0.383. The van der Waals surface area contributed by atoms with Gasteiger partial charge >= 0.3 is 5.69 Å². The predicted molar refractivity (Wildman–Crippen MR) is 70.1 cm³/mol. The second kappa shape index (κ2) is 6.28. The van der Waals surface area contributed by atoms with E-state index < -0.39 is 4.92 Å². The highest BCUT2D eigenvalue weighted by Crippen LogP contribution is 2.32. The fraction of sp³-hybridized carbons (Fsp3) is 0.636. The van der Waals surface area contributed by atoms with Crippen molar-refractivity contribution >= 4 is 17.3 Å². The maximum atomic E-state index is 11.1. The number of rotatable bonds is 8. The summed E-state index contributed by atoms with van der Waals surface area (Å²) >= 11 is 0. The molecule has 0 unspecified atom stereocenters. The highest BCUT2D eigenvalue weighted by atomic mass is 16.6. The monoisotopic (exact) mass is 267 g/mol. The molecule has 1 saturated carbocycles. The summed E-state index contributed by atoms with van der Waals surface area (Å²) in [4.78, 5) is 18.5. The average molecular weight is 267 g/mol. The second-order valence-electron chi connectivity index (χ2n) is 4.45. The highest BCUT2D eigenvalue weighted by molar-refractivity contribution is 5.69. The van der Waals surface area contributed by atoms with Crippen molar-refractivity contribution in [3.8, 4) is 0 Å². The van der Waals surface area contributed by atoms with Crippen molar-refractivity contribution in [1.82, 2.24) is 9.97 Å². The molecule has 3 N–H and O–H groups in total. The SMILES string of the molecule is O=[N+]([O-])c1c(NCCCCO)ncnc1NC1CC1. The van der Waals surface area contributed by atoms with Crippen LogP contribution in [-0.4, -0.2) is 39.2 Å². The van der Waals surface area contributed by atoms with E-state index >= 15 is 0 Å². The number of nitro groups is 1. The Morgan fingerprint density at radius 3 is 2.74 bits per heavy atom. The molecular weight excluding hydrogens is 250 g/mol. The van der Waals surface area contributed by atoms with Crippen molar-refractivity contribution in [2.75, 3.05) is 23.8 Å². The molecule has 19 heavy (non-hydrogen) atoms. The maximum absolute atomic E-state index is 11.1. The largest absolute Gasteiger partial charge is 0.396 e. The fourth-order valence-electron chi connectivity index (χ4n) is 1.65. The van der Waals surface area contributed by atoms with Gasteiger partial charge in [0.2, 0.25) is 11.6 Å². The van der Waals surface area contributed by atoms with Gasteiger partial charge in [-0.15, -0.1) is 0 Å². The molecular formula is C11H17N5O3. The molecule has 0 saturated heterocycles. The summed E-state index contributed by atoms with van der Waals surface area (Å²) < 4.78 is 0. The van der Waals surface area contributed by atoms with E-state index in [4.69, 9.17) is 5.11 Å². The standard InChI is InChI=1S/C11H17N5O3/c17-6-2-1-5-12-10-9(16(18)19)11(14-7-13-10)15-8-3-4-8/h7-8,17H,1-6H2,(H2,12,13,14,15). The number of nitrogens with one attached hydrogen (secondary N) is 2. The second-order valence-corrected chi connectivity index (χ2v) is 4.45. The first-order valence-electron chi connectivity index (χ1n) is 6.33. The quantitative estimate of drug-likeness (QED) is 0.367. The van der Waals surface area contributed by atoms with E-state index in [1.165, 1.54) is 6.33 Å². The molecule has 0 spiro atoms. The minimum atomic E-state index is -0.473. The number of nitrogens with zero attached hydrogens (tertiary/aromatic N) is 3. The Morgan fingerprint density at radius 1 is 1.37 bits per heavy atom. The van der Waals surface area contributed by atoms with Crippen LogP contribution in [0.15, 0.2) is 6.33 Å². The van der Waals surface area contributed by atoms with Gasteiger partial charge in [0.15, 0.2) is 0 Å². The smallest absolute Gasteiger partial charge is 0.353 e. The van der Waals surface area contributed by atoms with Crippen molar-refractivity contribution in [1.29, 1.82) is 0 Å². The zero-order valence-corrected chi connectivity index (χ0v) is 10.5.